The molecule has 2 aliphatic rings. The maximum absolute atomic E-state index is 12.4. The summed E-state index contributed by atoms with van der Waals surface area (Å²) in [5.74, 6) is 0.767. The van der Waals surface area contributed by atoms with Crippen molar-refractivity contribution < 1.29 is 9.53 Å². The summed E-state index contributed by atoms with van der Waals surface area (Å²) in [4.78, 5) is 17.8. The minimum atomic E-state index is -0.0585. The molecular weight excluding hydrogens is 342 g/mol. The second-order valence-electron chi connectivity index (χ2n) is 6.13. The molecule has 5 nitrogen and oxygen atoms in total. The zero-order valence-corrected chi connectivity index (χ0v) is 15.0. The van der Waals surface area contributed by atoms with Crippen molar-refractivity contribution in [3.8, 4) is 5.75 Å². The van der Waals surface area contributed by atoms with Crippen LogP contribution in [0, 0.1) is 0 Å². The summed E-state index contributed by atoms with van der Waals surface area (Å²) >= 11 is 3.03. The zero-order valence-electron chi connectivity index (χ0n) is 13.3. The van der Waals surface area contributed by atoms with Gasteiger partial charge in [-0.05, 0) is 37.5 Å². The van der Waals surface area contributed by atoms with Crippen LogP contribution in [0.3, 0.4) is 0 Å². The minimum absolute atomic E-state index is 0.0585. The van der Waals surface area contributed by atoms with Gasteiger partial charge in [0.25, 0.3) is 5.91 Å². The average molecular weight is 361 g/mol. The largest absolute Gasteiger partial charge is 0.497 e. The summed E-state index contributed by atoms with van der Waals surface area (Å²) < 4.78 is 6.24. The maximum atomic E-state index is 12.4. The maximum Gasteiger partial charge on any atom is 0.280 e. The van der Waals surface area contributed by atoms with Crippen LogP contribution in [0.4, 0.5) is 0 Å². The van der Waals surface area contributed by atoms with Crippen LogP contribution in [0.5, 0.6) is 5.75 Å². The number of benzene rings is 1. The van der Waals surface area contributed by atoms with Gasteiger partial charge in [-0.1, -0.05) is 17.8 Å². The number of nitrogens with one attached hydrogen (secondary N) is 2. The molecule has 0 aliphatic carbocycles. The Kier molecular flexibility index (Phi) is 4.47. The van der Waals surface area contributed by atoms with E-state index in [9.17, 15) is 4.79 Å². The van der Waals surface area contributed by atoms with E-state index in [4.69, 9.17) is 4.74 Å². The highest BCUT2D eigenvalue weighted by Gasteiger charge is 2.39. The third-order valence-corrected chi connectivity index (χ3v) is 6.64. The molecule has 0 spiro atoms. The van der Waals surface area contributed by atoms with Crippen LogP contribution in [0.2, 0.25) is 0 Å². The van der Waals surface area contributed by atoms with Gasteiger partial charge in [0.2, 0.25) is 0 Å². The number of ether oxygens (including phenoxy) is 1. The number of thiazole rings is 1. The Morgan fingerprint density at radius 3 is 3.12 bits per heavy atom. The van der Waals surface area contributed by atoms with Crippen molar-refractivity contribution in [2.75, 3.05) is 7.11 Å². The first kappa shape index (κ1) is 15.9. The highest BCUT2D eigenvalue weighted by atomic mass is 32.2. The number of fused-ring (bicyclic) bond motifs is 2. The van der Waals surface area contributed by atoms with Crippen LogP contribution in [0.15, 0.2) is 39.6 Å². The molecule has 2 bridgehead atoms. The third-order valence-electron chi connectivity index (χ3n) is 4.55. The van der Waals surface area contributed by atoms with Crippen LogP contribution < -0.4 is 15.4 Å². The van der Waals surface area contributed by atoms with Crippen LogP contribution >= 0.6 is 23.1 Å². The van der Waals surface area contributed by atoms with E-state index in [0.717, 1.165) is 27.7 Å². The van der Waals surface area contributed by atoms with Crippen LogP contribution in [0.25, 0.3) is 0 Å². The van der Waals surface area contributed by atoms with Crippen LogP contribution in [-0.2, 0) is 0 Å². The van der Waals surface area contributed by atoms with Gasteiger partial charge in [-0.3, -0.25) is 4.79 Å². The van der Waals surface area contributed by atoms with Crippen molar-refractivity contribution in [1.82, 2.24) is 15.6 Å². The molecule has 24 heavy (non-hydrogen) atoms. The number of carbonyl (C=O) groups excluding carboxylic acids is 1. The van der Waals surface area contributed by atoms with Crippen molar-refractivity contribution in [3.05, 3.63) is 35.5 Å². The lowest BCUT2D eigenvalue weighted by atomic mass is 9.95. The number of hydrogen-bond donors (Lipinski definition) is 2. The van der Waals surface area contributed by atoms with Gasteiger partial charge in [-0.25, -0.2) is 4.98 Å². The van der Waals surface area contributed by atoms with Gasteiger partial charge < -0.3 is 15.4 Å². The number of methoxy groups -OCH3 is 1. The van der Waals surface area contributed by atoms with E-state index in [1.807, 2.05) is 24.3 Å². The lowest BCUT2D eigenvalue weighted by molar-refractivity contribution is 0.0930. The molecule has 1 aromatic carbocycles. The first-order valence-corrected chi connectivity index (χ1v) is 9.69. The molecule has 0 unspecified atom stereocenters. The van der Waals surface area contributed by atoms with E-state index in [1.54, 1.807) is 25.1 Å². The van der Waals surface area contributed by atoms with Gasteiger partial charge in [-0.15, -0.1) is 11.3 Å². The number of carbonyl (C=O) groups is 1. The second-order valence-corrected chi connectivity index (χ2v) is 8.53. The number of rotatable bonds is 5. The summed E-state index contributed by atoms with van der Waals surface area (Å²) in [5.41, 5.74) is 0. The molecule has 2 fully saturated rings. The molecule has 4 rings (SSSR count). The fraction of sp³-hybridized carbons (Fsp3) is 0.412. The quantitative estimate of drug-likeness (QED) is 0.857. The SMILES string of the molecule is COc1cccc(Sc2cnc(C(=O)N[C@@H]3C[C@H]4CC[C@@H]3N4)s2)c1. The Morgan fingerprint density at radius 1 is 1.46 bits per heavy atom. The molecule has 3 heterocycles. The van der Waals surface area contributed by atoms with Crippen molar-refractivity contribution in [1.29, 1.82) is 0 Å². The topological polar surface area (TPSA) is 63.2 Å². The molecule has 2 saturated heterocycles. The lowest BCUT2D eigenvalue weighted by Gasteiger charge is -2.20. The van der Waals surface area contributed by atoms with Crippen molar-refractivity contribution in [2.24, 2.45) is 0 Å². The van der Waals surface area contributed by atoms with Gasteiger partial charge in [0.1, 0.15) is 5.75 Å². The monoisotopic (exact) mass is 361 g/mol. The Bertz CT molecular complexity index is 749. The predicted molar refractivity (Wildman–Crippen MR) is 95.0 cm³/mol. The Morgan fingerprint density at radius 2 is 2.38 bits per heavy atom. The van der Waals surface area contributed by atoms with Gasteiger partial charge in [-0.2, -0.15) is 0 Å². The molecule has 0 saturated carbocycles. The van der Waals surface area contributed by atoms with Crippen molar-refractivity contribution >= 4 is 29.0 Å². The van der Waals surface area contributed by atoms with Crippen molar-refractivity contribution in [2.45, 2.75) is 46.5 Å². The lowest BCUT2D eigenvalue weighted by Crippen LogP contribution is -2.42. The van der Waals surface area contributed by atoms with Gasteiger partial charge in [0, 0.05) is 23.0 Å². The molecule has 1 amide bonds. The van der Waals surface area contributed by atoms with E-state index in [1.165, 1.54) is 17.8 Å². The van der Waals surface area contributed by atoms with E-state index >= 15 is 0 Å². The average Bonchev–Trinajstić information content (AvgIpc) is 3.31. The Hall–Kier alpha value is -1.57. The van der Waals surface area contributed by atoms with Gasteiger partial charge in [0.15, 0.2) is 5.01 Å². The standard InChI is InChI=1S/C17H19N3O2S2/c1-22-11-3-2-4-12(8-11)23-15-9-18-17(24-15)16(21)20-14-7-10-5-6-13(14)19-10/h2-4,8-10,13-14,19H,5-7H2,1H3,(H,20,21)/t10-,13+,14-/m1/s1. The molecule has 126 valence electrons. The number of nitrogens with zero attached hydrogens (tertiary/aromatic N) is 1. The molecule has 3 atom stereocenters. The molecule has 2 N–H and O–H groups in total. The molecule has 0 radical (unpaired) electrons. The second kappa shape index (κ2) is 6.74. The zero-order chi connectivity index (χ0) is 16.5. The molecule has 2 aliphatic heterocycles. The summed E-state index contributed by atoms with van der Waals surface area (Å²) in [6.45, 7) is 0. The molecule has 7 heteroatoms. The first-order chi connectivity index (χ1) is 11.7. The fourth-order valence-electron chi connectivity index (χ4n) is 3.41. The fourth-order valence-corrected chi connectivity index (χ4v) is 5.31. The molecular formula is C17H19N3O2S2. The van der Waals surface area contributed by atoms with Crippen LogP contribution in [-0.4, -0.2) is 36.1 Å². The van der Waals surface area contributed by atoms with Crippen LogP contribution in [0.1, 0.15) is 29.1 Å². The molecule has 1 aromatic heterocycles. The van der Waals surface area contributed by atoms with E-state index in [-0.39, 0.29) is 11.9 Å². The number of hydrogen-bond acceptors (Lipinski definition) is 6. The summed E-state index contributed by atoms with van der Waals surface area (Å²) in [7, 11) is 1.66. The normalized spacial score (nSPS) is 25.0. The molecule has 2 aromatic rings. The Balaban J connectivity index is 1.39. The smallest absolute Gasteiger partial charge is 0.280 e. The third kappa shape index (κ3) is 3.29. The predicted octanol–water partition coefficient (Wildman–Crippen LogP) is 2.93. The Labute approximate surface area is 149 Å². The summed E-state index contributed by atoms with van der Waals surface area (Å²) in [5, 5.41) is 7.21. The minimum Gasteiger partial charge on any atom is -0.497 e. The van der Waals surface area contributed by atoms with E-state index in [2.05, 4.69) is 15.6 Å². The number of aromatic nitrogens is 1. The summed E-state index contributed by atoms with van der Waals surface area (Å²) in [6, 6.07) is 9.13. The number of amides is 1. The summed E-state index contributed by atoms with van der Waals surface area (Å²) in [6.07, 6.45) is 5.19. The van der Waals surface area contributed by atoms with E-state index < -0.39 is 0 Å². The van der Waals surface area contributed by atoms with E-state index in [0.29, 0.717) is 17.1 Å². The first-order valence-electron chi connectivity index (χ1n) is 8.06. The highest BCUT2D eigenvalue weighted by Crippen LogP contribution is 2.34. The van der Waals surface area contributed by atoms with Gasteiger partial charge in [0.05, 0.1) is 17.5 Å². The van der Waals surface area contributed by atoms with Crippen molar-refractivity contribution in [3.63, 3.8) is 0 Å². The van der Waals surface area contributed by atoms with Gasteiger partial charge >= 0.3 is 0 Å². The highest BCUT2D eigenvalue weighted by molar-refractivity contribution is 8.01.